The highest BCUT2D eigenvalue weighted by Gasteiger charge is 2.72. The molecule has 1 saturated heterocycles. The number of alkyl halides is 8. The first-order chi connectivity index (χ1) is 16.1. The number of halogens is 8. The molecular formula is C21H21F8N5O. The maximum atomic E-state index is 13.5. The zero-order valence-electron chi connectivity index (χ0n) is 18.1. The van der Waals surface area contributed by atoms with Crippen LogP contribution in [0.4, 0.5) is 40.9 Å². The predicted molar refractivity (Wildman–Crippen MR) is 106 cm³/mol. The number of hydrogen-bond donors (Lipinski definition) is 2. The molecule has 6 rings (SSSR count). The van der Waals surface area contributed by atoms with Gasteiger partial charge in [0.15, 0.2) is 0 Å². The number of aromatic nitrogens is 3. The number of likely N-dealkylation sites (tertiary alicyclic amines) is 1. The zero-order valence-corrected chi connectivity index (χ0v) is 18.1. The van der Waals surface area contributed by atoms with E-state index in [0.29, 0.717) is 25.3 Å². The minimum Gasteiger partial charge on any atom is -0.383 e. The summed E-state index contributed by atoms with van der Waals surface area (Å²) in [6.45, 7) is 0.348. The Balaban J connectivity index is 1.47. The van der Waals surface area contributed by atoms with Gasteiger partial charge in [-0.25, -0.2) is 18.7 Å². The van der Waals surface area contributed by atoms with Gasteiger partial charge in [-0.05, 0) is 25.3 Å². The fourth-order valence-corrected chi connectivity index (χ4v) is 5.68. The Labute approximate surface area is 193 Å². The van der Waals surface area contributed by atoms with Crippen LogP contribution in [0.2, 0.25) is 0 Å². The van der Waals surface area contributed by atoms with Crippen molar-refractivity contribution in [2.24, 2.45) is 0 Å². The second-order valence-electron chi connectivity index (χ2n) is 9.78. The van der Waals surface area contributed by atoms with Gasteiger partial charge in [0.2, 0.25) is 6.10 Å². The number of aliphatic hydroxyl groups excluding tert-OH is 1. The number of nitrogen functional groups attached to an aromatic ring is 1. The molecule has 0 amide bonds. The van der Waals surface area contributed by atoms with E-state index in [2.05, 4.69) is 9.97 Å². The molecule has 1 atom stereocenters. The van der Waals surface area contributed by atoms with Gasteiger partial charge in [0.25, 0.3) is 5.92 Å². The lowest BCUT2D eigenvalue weighted by Crippen LogP contribution is -2.79. The Morgan fingerprint density at radius 2 is 1.60 bits per heavy atom. The Hall–Kier alpha value is -2.48. The number of pyridine rings is 1. The van der Waals surface area contributed by atoms with Crippen molar-refractivity contribution in [3.63, 3.8) is 0 Å². The molecule has 3 heterocycles. The number of hydrogen-bond acceptors (Lipinski definition) is 5. The average Bonchev–Trinajstić information content (AvgIpc) is 3.10. The monoisotopic (exact) mass is 511 g/mol. The first kappa shape index (κ1) is 24.2. The van der Waals surface area contributed by atoms with E-state index in [9.17, 15) is 40.2 Å². The SMILES string of the molecule is Nc1ncc(-c2cn(C34CC(N5CCC(F)(F)CC5)(C3)C4)c(C(O)C(F)(F)F)n2)cc1C(F)(F)F. The molecule has 0 spiro atoms. The molecule has 2 aromatic rings. The van der Waals surface area contributed by atoms with E-state index in [1.165, 1.54) is 10.8 Å². The molecule has 0 radical (unpaired) electrons. The predicted octanol–water partition coefficient (Wildman–Crippen LogP) is 4.50. The summed E-state index contributed by atoms with van der Waals surface area (Å²) in [5, 5.41) is 9.98. The maximum Gasteiger partial charge on any atom is 0.421 e. The van der Waals surface area contributed by atoms with Crippen molar-refractivity contribution in [1.82, 2.24) is 19.4 Å². The van der Waals surface area contributed by atoms with E-state index in [1.54, 1.807) is 0 Å². The molecule has 1 unspecified atom stereocenters. The van der Waals surface area contributed by atoms with Crippen molar-refractivity contribution in [2.75, 3.05) is 18.8 Å². The van der Waals surface area contributed by atoms with Crippen molar-refractivity contribution in [3.05, 3.63) is 29.8 Å². The van der Waals surface area contributed by atoms with Gasteiger partial charge in [-0.1, -0.05) is 0 Å². The molecule has 2 bridgehead atoms. The van der Waals surface area contributed by atoms with Crippen LogP contribution in [0.3, 0.4) is 0 Å². The Morgan fingerprint density at radius 3 is 2.14 bits per heavy atom. The molecule has 6 nitrogen and oxygen atoms in total. The van der Waals surface area contributed by atoms with Crippen LogP contribution in [0.25, 0.3) is 11.3 Å². The number of nitrogens with zero attached hydrogens (tertiary/aromatic N) is 4. The number of nitrogens with two attached hydrogens (primary N) is 1. The minimum absolute atomic E-state index is 0.174. The fraction of sp³-hybridized carbons (Fsp3) is 0.619. The van der Waals surface area contributed by atoms with Crippen LogP contribution >= 0.6 is 0 Å². The molecule has 0 aromatic carbocycles. The van der Waals surface area contributed by atoms with Gasteiger partial charge in [0.05, 0.1) is 16.8 Å². The topological polar surface area (TPSA) is 80.2 Å². The number of rotatable bonds is 4. The summed E-state index contributed by atoms with van der Waals surface area (Å²) in [6, 6.07) is 0.649. The molecule has 35 heavy (non-hydrogen) atoms. The summed E-state index contributed by atoms with van der Waals surface area (Å²) in [5.41, 5.74) is 2.38. The second-order valence-corrected chi connectivity index (χ2v) is 9.78. The average molecular weight is 511 g/mol. The van der Waals surface area contributed by atoms with Crippen LogP contribution in [-0.4, -0.2) is 55.3 Å². The van der Waals surface area contributed by atoms with Crippen LogP contribution in [0.1, 0.15) is 49.6 Å². The van der Waals surface area contributed by atoms with Crippen molar-refractivity contribution in [3.8, 4) is 11.3 Å². The number of aliphatic hydroxyl groups is 1. The van der Waals surface area contributed by atoms with Crippen molar-refractivity contribution in [1.29, 1.82) is 0 Å². The first-order valence-electron chi connectivity index (χ1n) is 10.9. The highest BCUT2D eigenvalue weighted by atomic mass is 19.4. The number of imidazole rings is 1. The van der Waals surface area contributed by atoms with Crippen LogP contribution in [0, 0.1) is 0 Å². The Morgan fingerprint density at radius 1 is 1.00 bits per heavy atom. The van der Waals surface area contributed by atoms with E-state index in [0.717, 1.165) is 6.20 Å². The van der Waals surface area contributed by atoms with Gasteiger partial charge in [0, 0.05) is 49.4 Å². The molecule has 4 aliphatic rings. The minimum atomic E-state index is -5.06. The number of anilines is 1. The lowest BCUT2D eigenvalue weighted by Gasteiger charge is -2.75. The molecule has 3 N–H and O–H groups in total. The Bertz CT molecular complexity index is 1130. The lowest BCUT2D eigenvalue weighted by molar-refractivity contribution is -0.233. The summed E-state index contributed by atoms with van der Waals surface area (Å²) >= 11 is 0. The van der Waals surface area contributed by atoms with Crippen LogP contribution in [-0.2, 0) is 11.7 Å². The van der Waals surface area contributed by atoms with Crippen molar-refractivity contribution in [2.45, 2.75) is 67.6 Å². The van der Waals surface area contributed by atoms with E-state index in [4.69, 9.17) is 5.73 Å². The fourth-order valence-electron chi connectivity index (χ4n) is 5.68. The van der Waals surface area contributed by atoms with Crippen molar-refractivity contribution < 1.29 is 40.2 Å². The zero-order chi connectivity index (χ0) is 25.6. The highest BCUT2D eigenvalue weighted by molar-refractivity contribution is 5.62. The van der Waals surface area contributed by atoms with E-state index >= 15 is 0 Å². The highest BCUT2D eigenvalue weighted by Crippen LogP contribution is 2.69. The van der Waals surface area contributed by atoms with E-state index in [1.807, 2.05) is 4.90 Å². The normalized spacial score (nSPS) is 29.4. The van der Waals surface area contributed by atoms with Crippen molar-refractivity contribution >= 4 is 5.82 Å². The van der Waals surface area contributed by atoms with E-state index < -0.39 is 52.7 Å². The molecule has 4 fully saturated rings. The number of piperidine rings is 1. The molecule has 14 heteroatoms. The van der Waals surface area contributed by atoms with Gasteiger partial charge in [-0.2, -0.15) is 26.3 Å². The second kappa shape index (κ2) is 7.28. The van der Waals surface area contributed by atoms with Gasteiger partial charge in [-0.3, -0.25) is 4.90 Å². The van der Waals surface area contributed by atoms with E-state index in [-0.39, 0.29) is 37.2 Å². The Kier molecular flexibility index (Phi) is 5.04. The summed E-state index contributed by atoms with van der Waals surface area (Å²) in [6.07, 6.45) is -10.2. The van der Waals surface area contributed by atoms with Gasteiger partial charge < -0.3 is 15.4 Å². The molecule has 192 valence electrons. The summed E-state index contributed by atoms with van der Waals surface area (Å²) in [5.74, 6) is -4.26. The van der Waals surface area contributed by atoms with Crippen LogP contribution < -0.4 is 5.73 Å². The van der Waals surface area contributed by atoms with Gasteiger partial charge in [-0.15, -0.1) is 0 Å². The summed E-state index contributed by atoms with van der Waals surface area (Å²) in [7, 11) is 0. The molecule has 2 aromatic heterocycles. The summed E-state index contributed by atoms with van der Waals surface area (Å²) in [4.78, 5) is 9.29. The third-order valence-electron chi connectivity index (χ3n) is 7.46. The largest absolute Gasteiger partial charge is 0.421 e. The third kappa shape index (κ3) is 3.85. The molecule has 3 aliphatic carbocycles. The third-order valence-corrected chi connectivity index (χ3v) is 7.46. The van der Waals surface area contributed by atoms with Gasteiger partial charge in [0.1, 0.15) is 11.6 Å². The standard InChI is InChI=1S/C21H21F8N5O/c22-19(23)1-3-33(4-2-19)17-8-18(9-17,10-17)34-7-13(32-16(34)14(35)21(27,28)29)11-5-12(20(24,25)26)15(30)31-6-11/h5-7,14,35H,1-4,8-10H2,(H2,30,31). The van der Waals surface area contributed by atoms with Crippen LogP contribution in [0.15, 0.2) is 18.5 Å². The molecule has 3 saturated carbocycles. The molecular weight excluding hydrogens is 490 g/mol. The van der Waals surface area contributed by atoms with Gasteiger partial charge >= 0.3 is 12.4 Å². The summed E-state index contributed by atoms with van der Waals surface area (Å²) < 4.78 is 108. The maximum absolute atomic E-state index is 13.5. The quantitative estimate of drug-likeness (QED) is 0.591. The molecule has 1 aliphatic heterocycles. The smallest absolute Gasteiger partial charge is 0.383 e. The van der Waals surface area contributed by atoms with Crippen LogP contribution in [0.5, 0.6) is 0 Å². The lowest BCUT2D eigenvalue weighted by atomic mass is 9.43. The first-order valence-corrected chi connectivity index (χ1v) is 10.9.